The SMILES string of the molecule is COC[C@@H]1CCCN1C[C@@H]1O[C@H](c2ccc(CNC(C)=O)cc2)O[C@H](c2ccc(CO)cc2)[C@@H]1C. The highest BCUT2D eigenvalue weighted by Crippen LogP contribution is 2.42. The molecule has 2 saturated heterocycles. The molecule has 0 bridgehead atoms. The first-order chi connectivity index (χ1) is 17.0. The third kappa shape index (κ3) is 6.48. The lowest BCUT2D eigenvalue weighted by Crippen LogP contribution is -2.46. The van der Waals surface area contributed by atoms with Gasteiger partial charge in [0, 0.05) is 44.6 Å². The van der Waals surface area contributed by atoms with Crippen molar-refractivity contribution in [2.45, 2.75) is 64.4 Å². The predicted molar refractivity (Wildman–Crippen MR) is 133 cm³/mol. The maximum atomic E-state index is 11.2. The van der Waals surface area contributed by atoms with Crippen LogP contribution in [-0.2, 0) is 32.2 Å². The van der Waals surface area contributed by atoms with E-state index in [1.165, 1.54) is 13.3 Å². The van der Waals surface area contributed by atoms with E-state index in [0.717, 1.165) is 48.4 Å². The van der Waals surface area contributed by atoms with E-state index < -0.39 is 6.29 Å². The van der Waals surface area contributed by atoms with Crippen LogP contribution in [0.5, 0.6) is 0 Å². The molecule has 4 rings (SSSR count). The molecule has 2 aliphatic rings. The van der Waals surface area contributed by atoms with Gasteiger partial charge < -0.3 is 24.6 Å². The lowest BCUT2D eigenvalue weighted by atomic mass is 9.90. The number of methoxy groups -OCH3 is 1. The van der Waals surface area contributed by atoms with E-state index in [1.54, 1.807) is 7.11 Å². The summed E-state index contributed by atoms with van der Waals surface area (Å²) in [6.07, 6.45) is 1.70. The van der Waals surface area contributed by atoms with Gasteiger partial charge >= 0.3 is 0 Å². The number of hydrogen-bond acceptors (Lipinski definition) is 6. The van der Waals surface area contributed by atoms with Gasteiger partial charge in [-0.25, -0.2) is 0 Å². The second-order valence-corrected chi connectivity index (χ2v) is 9.72. The number of carbonyl (C=O) groups is 1. The van der Waals surface area contributed by atoms with Gasteiger partial charge in [0.05, 0.1) is 25.4 Å². The van der Waals surface area contributed by atoms with Gasteiger partial charge in [-0.05, 0) is 36.1 Å². The zero-order valence-corrected chi connectivity index (χ0v) is 21.0. The second kappa shape index (κ2) is 12.1. The van der Waals surface area contributed by atoms with Crippen LogP contribution in [0, 0.1) is 5.92 Å². The van der Waals surface area contributed by atoms with E-state index in [2.05, 4.69) is 17.1 Å². The van der Waals surface area contributed by atoms with Gasteiger partial charge in [0.1, 0.15) is 0 Å². The van der Waals surface area contributed by atoms with Crippen LogP contribution >= 0.6 is 0 Å². The fourth-order valence-electron chi connectivity index (χ4n) is 5.10. The molecule has 0 saturated carbocycles. The molecule has 7 nitrogen and oxygen atoms in total. The average molecular weight is 483 g/mol. The number of nitrogens with zero attached hydrogens (tertiary/aromatic N) is 1. The first-order valence-corrected chi connectivity index (χ1v) is 12.6. The van der Waals surface area contributed by atoms with Gasteiger partial charge in [0.2, 0.25) is 5.91 Å². The van der Waals surface area contributed by atoms with Crippen LogP contribution in [-0.4, -0.2) is 54.9 Å². The zero-order valence-electron chi connectivity index (χ0n) is 21.0. The maximum Gasteiger partial charge on any atom is 0.217 e. The molecule has 2 aliphatic heterocycles. The van der Waals surface area contributed by atoms with Crippen LogP contribution in [0.1, 0.15) is 61.3 Å². The molecule has 2 heterocycles. The van der Waals surface area contributed by atoms with Crippen molar-refractivity contribution in [1.29, 1.82) is 0 Å². The summed E-state index contributed by atoms with van der Waals surface area (Å²) in [5.74, 6) is 0.0997. The fraction of sp³-hybridized carbons (Fsp3) is 0.536. The molecule has 190 valence electrons. The maximum absolute atomic E-state index is 11.2. The molecule has 1 amide bonds. The summed E-state index contributed by atoms with van der Waals surface area (Å²) in [5, 5.41) is 12.3. The van der Waals surface area contributed by atoms with Crippen molar-refractivity contribution >= 4 is 5.91 Å². The molecule has 0 unspecified atom stereocenters. The standard InChI is InChI=1S/C28H38N2O5/c1-19-26(16-30-14-4-5-25(30)18-33-3)34-28(24-12-6-21(7-13-24)15-29-20(2)32)35-27(19)23-10-8-22(17-31)9-11-23/h6-13,19,25-28,31H,4-5,14-18H2,1-3H3,(H,29,32)/t19-,25+,26+,27+,28+/m1/s1. The van der Waals surface area contributed by atoms with Gasteiger partial charge in [0.25, 0.3) is 0 Å². The molecule has 0 aromatic heterocycles. The summed E-state index contributed by atoms with van der Waals surface area (Å²) in [6.45, 7) is 6.87. The van der Waals surface area contributed by atoms with Crippen LogP contribution in [0.3, 0.4) is 0 Å². The van der Waals surface area contributed by atoms with Gasteiger partial charge in [-0.3, -0.25) is 9.69 Å². The Morgan fingerprint density at radius 2 is 1.77 bits per heavy atom. The number of carbonyl (C=O) groups excluding carboxylic acids is 1. The third-order valence-electron chi connectivity index (χ3n) is 7.19. The number of hydrogen-bond donors (Lipinski definition) is 2. The molecule has 0 aliphatic carbocycles. The van der Waals surface area contributed by atoms with E-state index in [4.69, 9.17) is 14.2 Å². The van der Waals surface area contributed by atoms with Crippen molar-refractivity contribution in [3.63, 3.8) is 0 Å². The molecular weight excluding hydrogens is 444 g/mol. The third-order valence-corrected chi connectivity index (χ3v) is 7.19. The minimum atomic E-state index is -0.489. The molecular formula is C28H38N2O5. The fourth-order valence-corrected chi connectivity index (χ4v) is 5.10. The Bertz CT molecular complexity index is 949. The molecule has 0 radical (unpaired) electrons. The monoisotopic (exact) mass is 482 g/mol. The summed E-state index contributed by atoms with van der Waals surface area (Å²) < 4.78 is 18.6. The van der Waals surface area contributed by atoms with E-state index in [9.17, 15) is 9.90 Å². The van der Waals surface area contributed by atoms with E-state index in [-0.39, 0.29) is 30.6 Å². The normalized spacial score (nSPS) is 27.1. The Labute approximate surface area is 208 Å². The van der Waals surface area contributed by atoms with Crippen molar-refractivity contribution in [1.82, 2.24) is 10.2 Å². The number of ether oxygens (including phenoxy) is 3. The summed E-state index contributed by atoms with van der Waals surface area (Å²) in [4.78, 5) is 13.7. The number of amides is 1. The van der Waals surface area contributed by atoms with Crippen molar-refractivity contribution < 1.29 is 24.1 Å². The highest BCUT2D eigenvalue weighted by atomic mass is 16.7. The van der Waals surface area contributed by atoms with Crippen LogP contribution in [0.15, 0.2) is 48.5 Å². The average Bonchev–Trinajstić information content (AvgIpc) is 3.31. The Hall–Kier alpha value is -2.29. The number of nitrogens with one attached hydrogen (secondary N) is 1. The van der Waals surface area contributed by atoms with Crippen LogP contribution in [0.25, 0.3) is 0 Å². The molecule has 2 fully saturated rings. The van der Waals surface area contributed by atoms with Crippen molar-refractivity contribution in [2.24, 2.45) is 5.92 Å². The van der Waals surface area contributed by atoms with E-state index in [0.29, 0.717) is 12.6 Å². The number of rotatable bonds is 9. The largest absolute Gasteiger partial charge is 0.392 e. The van der Waals surface area contributed by atoms with Crippen molar-refractivity contribution in [3.8, 4) is 0 Å². The molecule has 2 aromatic rings. The first-order valence-electron chi connectivity index (χ1n) is 12.6. The van der Waals surface area contributed by atoms with Crippen LogP contribution in [0.4, 0.5) is 0 Å². The number of benzene rings is 2. The Kier molecular flexibility index (Phi) is 8.92. The molecule has 0 spiro atoms. The van der Waals surface area contributed by atoms with Gasteiger partial charge in [-0.15, -0.1) is 0 Å². The second-order valence-electron chi connectivity index (χ2n) is 9.72. The lowest BCUT2D eigenvalue weighted by molar-refractivity contribution is -0.276. The van der Waals surface area contributed by atoms with Gasteiger partial charge in [-0.1, -0.05) is 55.5 Å². The van der Waals surface area contributed by atoms with Crippen LogP contribution < -0.4 is 5.32 Å². The van der Waals surface area contributed by atoms with E-state index in [1.807, 2.05) is 48.5 Å². The molecule has 2 N–H and O–H groups in total. The minimum absolute atomic E-state index is 0.00668. The highest BCUT2D eigenvalue weighted by Gasteiger charge is 2.40. The molecule has 7 heteroatoms. The predicted octanol–water partition coefficient (Wildman–Crippen LogP) is 3.72. The summed E-state index contributed by atoms with van der Waals surface area (Å²) >= 11 is 0. The molecule has 5 atom stereocenters. The quantitative estimate of drug-likeness (QED) is 0.567. The van der Waals surface area contributed by atoms with Crippen LogP contribution in [0.2, 0.25) is 0 Å². The number of aliphatic hydroxyl groups is 1. The minimum Gasteiger partial charge on any atom is -0.392 e. The van der Waals surface area contributed by atoms with E-state index >= 15 is 0 Å². The Morgan fingerprint density at radius 1 is 1.09 bits per heavy atom. The van der Waals surface area contributed by atoms with Crippen molar-refractivity contribution in [2.75, 3.05) is 26.8 Å². The first kappa shape index (κ1) is 25.8. The zero-order chi connectivity index (χ0) is 24.8. The smallest absolute Gasteiger partial charge is 0.217 e. The summed E-state index contributed by atoms with van der Waals surface area (Å²) in [7, 11) is 1.77. The summed E-state index contributed by atoms with van der Waals surface area (Å²) in [6, 6.07) is 16.5. The Balaban J connectivity index is 1.55. The molecule has 35 heavy (non-hydrogen) atoms. The topological polar surface area (TPSA) is 80.3 Å². The van der Waals surface area contributed by atoms with Gasteiger partial charge in [-0.2, -0.15) is 0 Å². The van der Waals surface area contributed by atoms with Gasteiger partial charge in [0.15, 0.2) is 6.29 Å². The number of likely N-dealkylation sites (tertiary alicyclic amines) is 1. The summed E-state index contributed by atoms with van der Waals surface area (Å²) in [5.41, 5.74) is 3.96. The highest BCUT2D eigenvalue weighted by molar-refractivity contribution is 5.72. The molecule has 2 aromatic carbocycles. The Morgan fingerprint density at radius 3 is 2.43 bits per heavy atom. The van der Waals surface area contributed by atoms with Crippen molar-refractivity contribution in [3.05, 3.63) is 70.8 Å². The number of aliphatic hydroxyl groups excluding tert-OH is 1. The lowest BCUT2D eigenvalue weighted by Gasteiger charge is -2.43.